The third-order valence-corrected chi connectivity index (χ3v) is 3.93. The van der Waals surface area contributed by atoms with Crippen LogP contribution in [0.3, 0.4) is 0 Å². The molecule has 20 heavy (non-hydrogen) atoms. The fourth-order valence-corrected chi connectivity index (χ4v) is 2.78. The van der Waals surface area contributed by atoms with E-state index in [0.717, 1.165) is 14.8 Å². The summed E-state index contributed by atoms with van der Waals surface area (Å²) in [6, 6.07) is 8.25. The van der Waals surface area contributed by atoms with Gasteiger partial charge in [-0.3, -0.25) is 0 Å². The summed E-state index contributed by atoms with van der Waals surface area (Å²) in [5, 5.41) is 3.19. The predicted molar refractivity (Wildman–Crippen MR) is 77.6 cm³/mol. The Kier molecular flexibility index (Phi) is 5.11. The average Bonchev–Trinajstić information content (AvgIpc) is 2.84. The Morgan fingerprint density at radius 1 is 1.35 bits per heavy atom. The minimum Gasteiger partial charge on any atom is -0.465 e. The van der Waals surface area contributed by atoms with Crippen LogP contribution in [-0.2, 0) is 17.8 Å². The maximum atomic E-state index is 13.7. The number of carbonyl (C=O) groups is 1. The van der Waals surface area contributed by atoms with Crippen molar-refractivity contribution in [3.05, 3.63) is 56.5 Å². The van der Waals surface area contributed by atoms with Crippen molar-refractivity contribution in [1.29, 1.82) is 0 Å². The minimum absolute atomic E-state index is 0.0544. The van der Waals surface area contributed by atoms with Crippen LogP contribution >= 0.6 is 22.9 Å². The van der Waals surface area contributed by atoms with E-state index in [-0.39, 0.29) is 5.56 Å². The van der Waals surface area contributed by atoms with Crippen molar-refractivity contribution in [3.63, 3.8) is 0 Å². The number of hydrogen-bond donors (Lipinski definition) is 1. The van der Waals surface area contributed by atoms with E-state index in [1.165, 1.54) is 30.6 Å². The Morgan fingerprint density at radius 3 is 2.75 bits per heavy atom. The van der Waals surface area contributed by atoms with E-state index >= 15 is 0 Å². The van der Waals surface area contributed by atoms with Crippen molar-refractivity contribution in [1.82, 2.24) is 5.32 Å². The third-order valence-electron chi connectivity index (χ3n) is 2.70. The highest BCUT2D eigenvalue weighted by Crippen LogP contribution is 2.21. The van der Waals surface area contributed by atoms with Gasteiger partial charge in [0.1, 0.15) is 5.82 Å². The van der Waals surface area contributed by atoms with Gasteiger partial charge in [0.15, 0.2) is 0 Å². The second kappa shape index (κ2) is 6.83. The molecule has 0 amide bonds. The molecular formula is C14H13ClFNO2S. The van der Waals surface area contributed by atoms with E-state index in [2.05, 4.69) is 10.1 Å². The highest BCUT2D eigenvalue weighted by molar-refractivity contribution is 7.16. The molecule has 0 spiro atoms. The monoisotopic (exact) mass is 313 g/mol. The molecule has 0 aliphatic carbocycles. The molecule has 0 bridgehead atoms. The Bertz CT molecular complexity index is 615. The Hall–Kier alpha value is -1.43. The standard InChI is InChI=1S/C14H13ClFNO2S/c1-19-14(18)11-4-2-9(6-12(11)16)7-17-8-10-3-5-13(15)20-10/h2-6,17H,7-8H2,1H3. The molecule has 1 aromatic heterocycles. The Morgan fingerprint density at radius 2 is 2.15 bits per heavy atom. The second-order valence-corrected chi connectivity index (χ2v) is 5.91. The van der Waals surface area contributed by atoms with Gasteiger partial charge in [-0.25, -0.2) is 9.18 Å². The molecule has 0 aliphatic heterocycles. The number of hydrogen-bond acceptors (Lipinski definition) is 4. The van der Waals surface area contributed by atoms with Crippen LogP contribution in [0, 0.1) is 5.82 Å². The van der Waals surface area contributed by atoms with Crippen LogP contribution in [0.15, 0.2) is 30.3 Å². The van der Waals surface area contributed by atoms with Gasteiger partial charge in [-0.05, 0) is 29.8 Å². The van der Waals surface area contributed by atoms with Crippen LogP contribution < -0.4 is 5.32 Å². The molecule has 1 aromatic carbocycles. The summed E-state index contributed by atoms with van der Waals surface area (Å²) in [4.78, 5) is 12.4. The van der Waals surface area contributed by atoms with Crippen molar-refractivity contribution < 1.29 is 13.9 Å². The van der Waals surface area contributed by atoms with Crippen LogP contribution in [0.5, 0.6) is 0 Å². The van der Waals surface area contributed by atoms with Gasteiger partial charge >= 0.3 is 5.97 Å². The third kappa shape index (κ3) is 3.79. The molecule has 0 aliphatic rings. The molecule has 6 heteroatoms. The van der Waals surface area contributed by atoms with Crippen molar-refractivity contribution in [2.45, 2.75) is 13.1 Å². The van der Waals surface area contributed by atoms with Gasteiger partial charge in [0, 0.05) is 18.0 Å². The maximum Gasteiger partial charge on any atom is 0.340 e. The number of ether oxygens (including phenoxy) is 1. The molecule has 0 saturated carbocycles. The molecule has 0 fully saturated rings. The maximum absolute atomic E-state index is 13.7. The predicted octanol–water partition coefficient (Wildman–Crippen LogP) is 3.62. The number of carbonyl (C=O) groups excluding carboxylic acids is 1. The largest absolute Gasteiger partial charge is 0.465 e. The molecule has 3 nitrogen and oxygen atoms in total. The molecule has 1 heterocycles. The van der Waals surface area contributed by atoms with Gasteiger partial charge in [-0.1, -0.05) is 17.7 Å². The van der Waals surface area contributed by atoms with E-state index in [1.807, 2.05) is 12.1 Å². The number of nitrogens with one attached hydrogen (secondary N) is 1. The molecule has 0 unspecified atom stereocenters. The van der Waals surface area contributed by atoms with Crippen molar-refractivity contribution in [2.75, 3.05) is 7.11 Å². The number of esters is 1. The fourth-order valence-electron chi connectivity index (χ4n) is 1.72. The van der Waals surface area contributed by atoms with Gasteiger partial charge in [0.2, 0.25) is 0 Å². The smallest absolute Gasteiger partial charge is 0.340 e. The van der Waals surface area contributed by atoms with Gasteiger partial charge in [0.05, 0.1) is 17.0 Å². The topological polar surface area (TPSA) is 38.3 Å². The highest BCUT2D eigenvalue weighted by Gasteiger charge is 2.12. The van der Waals surface area contributed by atoms with Gasteiger partial charge < -0.3 is 10.1 Å². The molecule has 0 saturated heterocycles. The quantitative estimate of drug-likeness (QED) is 0.857. The first-order valence-corrected chi connectivity index (χ1v) is 7.11. The molecule has 106 valence electrons. The molecule has 2 rings (SSSR count). The first kappa shape index (κ1) is 15.0. The lowest BCUT2D eigenvalue weighted by Gasteiger charge is -2.06. The zero-order valence-electron chi connectivity index (χ0n) is 10.8. The highest BCUT2D eigenvalue weighted by atomic mass is 35.5. The van der Waals surface area contributed by atoms with Gasteiger partial charge in [-0.15, -0.1) is 11.3 Å². The average molecular weight is 314 g/mol. The van der Waals surface area contributed by atoms with Crippen LogP contribution in [0.4, 0.5) is 4.39 Å². The van der Waals surface area contributed by atoms with Crippen LogP contribution in [-0.4, -0.2) is 13.1 Å². The van der Waals surface area contributed by atoms with E-state index in [1.54, 1.807) is 6.07 Å². The summed E-state index contributed by atoms with van der Waals surface area (Å²) in [6.45, 7) is 1.17. The lowest BCUT2D eigenvalue weighted by Crippen LogP contribution is -2.12. The molecule has 1 N–H and O–H groups in total. The van der Waals surface area contributed by atoms with Gasteiger partial charge in [-0.2, -0.15) is 0 Å². The van der Waals surface area contributed by atoms with E-state index in [0.29, 0.717) is 13.1 Å². The first-order chi connectivity index (χ1) is 9.60. The van der Waals surface area contributed by atoms with Crippen LogP contribution in [0.1, 0.15) is 20.8 Å². The Balaban J connectivity index is 1.93. The first-order valence-electron chi connectivity index (χ1n) is 5.92. The zero-order chi connectivity index (χ0) is 14.5. The van der Waals surface area contributed by atoms with Crippen molar-refractivity contribution >= 4 is 28.9 Å². The normalized spacial score (nSPS) is 10.6. The zero-order valence-corrected chi connectivity index (χ0v) is 12.4. The lowest BCUT2D eigenvalue weighted by atomic mass is 10.1. The summed E-state index contributed by atoms with van der Waals surface area (Å²) in [7, 11) is 1.23. The van der Waals surface area contributed by atoms with Gasteiger partial charge in [0.25, 0.3) is 0 Å². The van der Waals surface area contributed by atoms with Crippen LogP contribution in [0.2, 0.25) is 4.34 Å². The number of benzene rings is 1. The minimum atomic E-state index is -0.671. The second-order valence-electron chi connectivity index (χ2n) is 4.12. The fraction of sp³-hybridized carbons (Fsp3) is 0.214. The van der Waals surface area contributed by atoms with Crippen LogP contribution in [0.25, 0.3) is 0 Å². The van der Waals surface area contributed by atoms with E-state index < -0.39 is 11.8 Å². The molecule has 0 atom stereocenters. The molecule has 0 radical (unpaired) electrons. The summed E-state index contributed by atoms with van der Waals surface area (Å²) in [5.41, 5.74) is 0.707. The van der Waals surface area contributed by atoms with E-state index in [4.69, 9.17) is 11.6 Å². The molecule has 2 aromatic rings. The Labute approximate surface area is 125 Å². The summed E-state index contributed by atoms with van der Waals surface area (Å²) in [6.07, 6.45) is 0. The number of halogens is 2. The lowest BCUT2D eigenvalue weighted by molar-refractivity contribution is 0.0595. The number of methoxy groups -OCH3 is 1. The molecular weight excluding hydrogens is 301 g/mol. The summed E-state index contributed by atoms with van der Waals surface area (Å²) in [5.74, 6) is -1.24. The number of rotatable bonds is 5. The summed E-state index contributed by atoms with van der Waals surface area (Å²) >= 11 is 7.34. The van der Waals surface area contributed by atoms with E-state index in [9.17, 15) is 9.18 Å². The van der Waals surface area contributed by atoms with Crippen molar-refractivity contribution in [2.24, 2.45) is 0 Å². The SMILES string of the molecule is COC(=O)c1ccc(CNCc2ccc(Cl)s2)cc1F. The van der Waals surface area contributed by atoms with Crippen molar-refractivity contribution in [3.8, 4) is 0 Å². The number of thiophene rings is 1. The summed E-state index contributed by atoms with van der Waals surface area (Å²) < 4.78 is 18.9.